The number of carbonyl (C=O) groups excluding carboxylic acids is 3. The van der Waals surface area contributed by atoms with E-state index in [-0.39, 0.29) is 5.56 Å². The molecule has 1 N–H and O–H groups in total. The zero-order chi connectivity index (χ0) is 20.8. The van der Waals surface area contributed by atoms with E-state index in [1.54, 1.807) is 54.6 Å². The number of carbonyl (C=O) groups is 3. The van der Waals surface area contributed by atoms with E-state index in [1.807, 2.05) is 6.07 Å². The van der Waals surface area contributed by atoms with Crippen LogP contribution in [0.1, 0.15) is 28.8 Å². The van der Waals surface area contributed by atoms with Gasteiger partial charge in [0, 0.05) is 11.3 Å². The van der Waals surface area contributed by atoms with Crippen LogP contribution in [0.15, 0.2) is 84.9 Å². The number of rotatable bonds is 7. The lowest BCUT2D eigenvalue weighted by molar-refractivity contribution is -0.130. The molecular formula is C24H20FNO3. The number of anilines is 1. The van der Waals surface area contributed by atoms with Gasteiger partial charge < -0.3 is 5.32 Å². The predicted molar refractivity (Wildman–Crippen MR) is 109 cm³/mol. The Labute approximate surface area is 168 Å². The van der Waals surface area contributed by atoms with Crippen molar-refractivity contribution < 1.29 is 18.8 Å². The molecule has 0 fully saturated rings. The van der Waals surface area contributed by atoms with Crippen LogP contribution in [0.4, 0.5) is 10.1 Å². The lowest BCUT2D eigenvalue weighted by Gasteiger charge is -2.24. The second kappa shape index (κ2) is 9.06. The average Bonchev–Trinajstić information content (AvgIpc) is 2.73. The van der Waals surface area contributed by atoms with Crippen molar-refractivity contribution in [3.8, 4) is 0 Å². The van der Waals surface area contributed by atoms with Crippen LogP contribution in [-0.4, -0.2) is 17.5 Å². The topological polar surface area (TPSA) is 63.2 Å². The second-order valence-corrected chi connectivity index (χ2v) is 6.70. The van der Waals surface area contributed by atoms with E-state index < -0.39 is 35.1 Å². The molecule has 146 valence electrons. The first-order chi connectivity index (χ1) is 14.0. The van der Waals surface area contributed by atoms with Gasteiger partial charge >= 0.3 is 0 Å². The summed E-state index contributed by atoms with van der Waals surface area (Å²) < 4.78 is 13.3. The molecule has 1 amide bonds. The van der Waals surface area contributed by atoms with Gasteiger partial charge in [-0.2, -0.15) is 0 Å². The van der Waals surface area contributed by atoms with Crippen LogP contribution in [0, 0.1) is 11.7 Å². The minimum absolute atomic E-state index is 0.235. The van der Waals surface area contributed by atoms with Crippen LogP contribution in [0.5, 0.6) is 0 Å². The van der Waals surface area contributed by atoms with Gasteiger partial charge in [0.15, 0.2) is 5.78 Å². The molecule has 0 aromatic heterocycles. The average molecular weight is 389 g/mol. The molecule has 29 heavy (non-hydrogen) atoms. The third kappa shape index (κ3) is 4.82. The van der Waals surface area contributed by atoms with Crippen LogP contribution in [0.25, 0.3) is 0 Å². The molecule has 3 rings (SSSR count). The molecule has 0 aliphatic carbocycles. The van der Waals surface area contributed by atoms with Gasteiger partial charge in [-0.15, -0.1) is 0 Å². The number of benzene rings is 3. The predicted octanol–water partition coefficient (Wildman–Crippen LogP) is 4.64. The summed E-state index contributed by atoms with van der Waals surface area (Å²) in [6, 6.07) is 22.5. The van der Waals surface area contributed by atoms with Gasteiger partial charge in [0.05, 0.1) is 5.92 Å². The molecule has 2 atom stereocenters. The highest BCUT2D eigenvalue weighted by molar-refractivity contribution is 6.13. The second-order valence-electron chi connectivity index (χ2n) is 6.70. The SMILES string of the molecule is CC(=O)C(C(=O)Nc1ccccc1)C(C(=O)c1ccc(F)cc1)c1ccccc1. The number of halogens is 1. The Morgan fingerprint density at radius 2 is 1.34 bits per heavy atom. The first kappa shape index (κ1) is 20.1. The fourth-order valence-electron chi connectivity index (χ4n) is 3.26. The molecular weight excluding hydrogens is 369 g/mol. The molecule has 2 unspecified atom stereocenters. The smallest absolute Gasteiger partial charge is 0.236 e. The molecule has 3 aromatic rings. The first-order valence-corrected chi connectivity index (χ1v) is 9.18. The van der Waals surface area contributed by atoms with E-state index in [0.717, 1.165) is 0 Å². The third-order valence-corrected chi connectivity index (χ3v) is 4.66. The maximum absolute atomic E-state index is 13.3. The number of para-hydroxylation sites is 1. The molecule has 0 radical (unpaired) electrons. The number of nitrogens with one attached hydrogen (secondary N) is 1. The molecule has 0 heterocycles. The Balaban J connectivity index is 2.02. The van der Waals surface area contributed by atoms with Crippen molar-refractivity contribution in [2.24, 2.45) is 5.92 Å². The Kier molecular flexibility index (Phi) is 6.29. The molecule has 3 aromatic carbocycles. The van der Waals surface area contributed by atoms with E-state index in [4.69, 9.17) is 0 Å². The maximum atomic E-state index is 13.3. The Morgan fingerprint density at radius 1 is 0.793 bits per heavy atom. The van der Waals surface area contributed by atoms with Crippen molar-refractivity contribution in [2.75, 3.05) is 5.32 Å². The molecule has 0 aliphatic heterocycles. The summed E-state index contributed by atoms with van der Waals surface area (Å²) >= 11 is 0. The summed E-state index contributed by atoms with van der Waals surface area (Å²) in [6.07, 6.45) is 0. The summed E-state index contributed by atoms with van der Waals surface area (Å²) in [6.45, 7) is 1.29. The zero-order valence-corrected chi connectivity index (χ0v) is 15.8. The number of hydrogen-bond acceptors (Lipinski definition) is 3. The van der Waals surface area contributed by atoms with Gasteiger partial charge in [-0.25, -0.2) is 4.39 Å². The Hall–Kier alpha value is -3.60. The van der Waals surface area contributed by atoms with Crippen LogP contribution in [0.3, 0.4) is 0 Å². The number of amides is 1. The lowest BCUT2D eigenvalue weighted by atomic mass is 9.78. The molecule has 0 spiro atoms. The van der Waals surface area contributed by atoms with Gasteiger partial charge in [0.2, 0.25) is 5.91 Å². The quantitative estimate of drug-likeness (QED) is 0.473. The van der Waals surface area contributed by atoms with Crippen molar-refractivity contribution in [1.29, 1.82) is 0 Å². The molecule has 5 heteroatoms. The van der Waals surface area contributed by atoms with Crippen molar-refractivity contribution in [1.82, 2.24) is 0 Å². The van der Waals surface area contributed by atoms with Crippen LogP contribution >= 0.6 is 0 Å². The van der Waals surface area contributed by atoms with Crippen LogP contribution < -0.4 is 5.32 Å². The third-order valence-electron chi connectivity index (χ3n) is 4.66. The summed E-state index contributed by atoms with van der Waals surface area (Å²) in [7, 11) is 0. The number of Topliss-reactive ketones (excluding diaryl/α,β-unsaturated/α-hetero) is 2. The fraction of sp³-hybridized carbons (Fsp3) is 0.125. The highest BCUT2D eigenvalue weighted by Gasteiger charge is 2.38. The molecule has 0 saturated carbocycles. The highest BCUT2D eigenvalue weighted by atomic mass is 19.1. The Morgan fingerprint density at radius 3 is 1.90 bits per heavy atom. The normalized spacial score (nSPS) is 12.6. The van der Waals surface area contributed by atoms with Crippen molar-refractivity contribution in [2.45, 2.75) is 12.8 Å². The van der Waals surface area contributed by atoms with E-state index in [2.05, 4.69) is 5.32 Å². The molecule has 0 bridgehead atoms. The zero-order valence-electron chi connectivity index (χ0n) is 15.8. The van der Waals surface area contributed by atoms with Gasteiger partial charge in [-0.05, 0) is 48.9 Å². The van der Waals surface area contributed by atoms with Crippen molar-refractivity contribution in [3.05, 3.63) is 102 Å². The van der Waals surface area contributed by atoms with Gasteiger partial charge in [-0.1, -0.05) is 48.5 Å². The number of hydrogen-bond donors (Lipinski definition) is 1. The number of ketones is 2. The van der Waals surface area contributed by atoms with E-state index in [9.17, 15) is 18.8 Å². The van der Waals surface area contributed by atoms with Gasteiger partial charge in [0.1, 0.15) is 17.5 Å². The fourth-order valence-corrected chi connectivity index (χ4v) is 3.26. The maximum Gasteiger partial charge on any atom is 0.236 e. The Bertz CT molecular complexity index is 1000. The summed E-state index contributed by atoms with van der Waals surface area (Å²) in [4.78, 5) is 38.8. The van der Waals surface area contributed by atoms with Crippen LogP contribution in [0.2, 0.25) is 0 Å². The highest BCUT2D eigenvalue weighted by Crippen LogP contribution is 2.31. The van der Waals surface area contributed by atoms with E-state index in [0.29, 0.717) is 11.3 Å². The molecule has 0 aliphatic rings. The summed E-state index contributed by atoms with van der Waals surface area (Å²) in [5, 5.41) is 2.72. The largest absolute Gasteiger partial charge is 0.325 e. The van der Waals surface area contributed by atoms with Crippen molar-refractivity contribution in [3.63, 3.8) is 0 Å². The van der Waals surface area contributed by atoms with E-state index >= 15 is 0 Å². The lowest BCUT2D eigenvalue weighted by Crippen LogP contribution is -2.37. The van der Waals surface area contributed by atoms with Gasteiger partial charge in [-0.3, -0.25) is 14.4 Å². The molecule has 0 saturated heterocycles. The van der Waals surface area contributed by atoms with Crippen molar-refractivity contribution >= 4 is 23.2 Å². The van der Waals surface area contributed by atoms with Gasteiger partial charge in [0.25, 0.3) is 0 Å². The summed E-state index contributed by atoms with van der Waals surface area (Å²) in [5.74, 6) is -4.13. The van der Waals surface area contributed by atoms with E-state index in [1.165, 1.54) is 31.2 Å². The summed E-state index contributed by atoms with van der Waals surface area (Å²) in [5.41, 5.74) is 1.31. The minimum atomic E-state index is -1.23. The van der Waals surface area contributed by atoms with Crippen LogP contribution in [-0.2, 0) is 9.59 Å². The standard InChI is InChI=1S/C24H20FNO3/c1-16(27)21(24(29)26-20-10-6-3-7-11-20)22(17-8-4-2-5-9-17)23(28)18-12-14-19(25)15-13-18/h2-15,21-22H,1H3,(H,26,29). The first-order valence-electron chi connectivity index (χ1n) is 9.18. The monoisotopic (exact) mass is 389 g/mol. The minimum Gasteiger partial charge on any atom is -0.325 e. The molecule has 4 nitrogen and oxygen atoms in total.